The van der Waals surface area contributed by atoms with Gasteiger partial charge in [0.2, 0.25) is 5.13 Å². The maximum Gasteiger partial charge on any atom is 0.205 e. The van der Waals surface area contributed by atoms with Crippen LogP contribution in [0.2, 0.25) is 0 Å². The van der Waals surface area contributed by atoms with E-state index in [0.717, 1.165) is 68.9 Å². The summed E-state index contributed by atoms with van der Waals surface area (Å²) in [5.41, 5.74) is 3.79. The van der Waals surface area contributed by atoms with Crippen molar-refractivity contribution in [1.82, 2.24) is 29.4 Å². The SMILES string of the molecule is CCc1nsc(N2CCN(C(=NC)NCc3c(CC)nn(C)c3CC)CC2)n1. The van der Waals surface area contributed by atoms with E-state index < -0.39 is 0 Å². The van der Waals surface area contributed by atoms with Crippen LogP contribution in [0.4, 0.5) is 5.13 Å². The quantitative estimate of drug-likeness (QED) is 0.585. The Morgan fingerprint density at radius 2 is 1.86 bits per heavy atom. The number of rotatable bonds is 6. The number of guanidine groups is 1. The molecule has 0 bridgehead atoms. The average molecular weight is 405 g/mol. The van der Waals surface area contributed by atoms with Gasteiger partial charge in [-0.2, -0.15) is 9.47 Å². The predicted octanol–water partition coefficient (Wildman–Crippen LogP) is 1.86. The molecule has 0 spiro atoms. The molecule has 1 saturated heterocycles. The Labute approximate surface area is 171 Å². The first kappa shape index (κ1) is 20.6. The zero-order chi connectivity index (χ0) is 20.1. The lowest BCUT2D eigenvalue weighted by atomic mass is 10.1. The molecule has 154 valence electrons. The van der Waals surface area contributed by atoms with Crippen LogP contribution in [0.3, 0.4) is 0 Å². The summed E-state index contributed by atoms with van der Waals surface area (Å²) < 4.78 is 6.43. The molecule has 0 atom stereocenters. The third kappa shape index (κ3) is 4.29. The monoisotopic (exact) mass is 404 g/mol. The van der Waals surface area contributed by atoms with Crippen molar-refractivity contribution in [3.63, 3.8) is 0 Å². The molecular weight excluding hydrogens is 372 g/mol. The van der Waals surface area contributed by atoms with Gasteiger partial charge in [0.15, 0.2) is 5.96 Å². The molecule has 9 heteroatoms. The van der Waals surface area contributed by atoms with Gasteiger partial charge in [-0.15, -0.1) is 0 Å². The van der Waals surface area contributed by atoms with Gasteiger partial charge in [-0.1, -0.05) is 20.8 Å². The zero-order valence-electron chi connectivity index (χ0n) is 17.7. The largest absolute Gasteiger partial charge is 0.352 e. The predicted molar refractivity (Wildman–Crippen MR) is 115 cm³/mol. The van der Waals surface area contributed by atoms with Crippen molar-refractivity contribution in [2.24, 2.45) is 12.0 Å². The lowest BCUT2D eigenvalue weighted by Gasteiger charge is -2.36. The van der Waals surface area contributed by atoms with Crippen LogP contribution in [0.25, 0.3) is 0 Å². The van der Waals surface area contributed by atoms with Crippen molar-refractivity contribution >= 4 is 22.6 Å². The molecule has 2 aromatic rings. The van der Waals surface area contributed by atoms with Gasteiger partial charge < -0.3 is 15.1 Å². The van der Waals surface area contributed by atoms with E-state index in [1.165, 1.54) is 28.5 Å². The van der Waals surface area contributed by atoms with Crippen molar-refractivity contribution in [2.45, 2.75) is 46.6 Å². The number of anilines is 1. The standard InChI is InChI=1S/C19H32N8S/c1-6-15-14(16(7-2)25(5)23-15)13-21-18(20-4)26-9-11-27(12-10-26)19-22-17(8-3)24-28-19/h6-13H2,1-5H3,(H,20,21). The van der Waals surface area contributed by atoms with E-state index >= 15 is 0 Å². The fourth-order valence-electron chi connectivity index (χ4n) is 3.72. The topological polar surface area (TPSA) is 74.5 Å². The number of hydrogen-bond donors (Lipinski definition) is 1. The van der Waals surface area contributed by atoms with Crippen LogP contribution in [0.15, 0.2) is 4.99 Å². The summed E-state index contributed by atoms with van der Waals surface area (Å²) in [5.74, 6) is 1.90. The van der Waals surface area contributed by atoms with Gasteiger partial charge in [-0.3, -0.25) is 9.67 Å². The maximum absolute atomic E-state index is 4.67. The molecule has 28 heavy (non-hydrogen) atoms. The first-order chi connectivity index (χ1) is 13.6. The molecule has 0 unspecified atom stereocenters. The number of hydrogen-bond acceptors (Lipinski definition) is 6. The van der Waals surface area contributed by atoms with Crippen LogP contribution >= 0.6 is 11.5 Å². The molecule has 8 nitrogen and oxygen atoms in total. The Morgan fingerprint density at radius 1 is 1.11 bits per heavy atom. The molecule has 0 amide bonds. The molecule has 1 aliphatic rings. The van der Waals surface area contributed by atoms with Crippen LogP contribution in [0, 0.1) is 0 Å². The molecule has 3 rings (SSSR count). The van der Waals surface area contributed by atoms with Crippen LogP contribution in [0.5, 0.6) is 0 Å². The highest BCUT2D eigenvalue weighted by Crippen LogP contribution is 2.19. The highest BCUT2D eigenvalue weighted by atomic mass is 32.1. The molecule has 1 fully saturated rings. The third-order valence-corrected chi connectivity index (χ3v) is 6.10. The maximum atomic E-state index is 4.67. The second-order valence-electron chi connectivity index (χ2n) is 6.92. The summed E-state index contributed by atoms with van der Waals surface area (Å²) in [4.78, 5) is 13.8. The Morgan fingerprint density at radius 3 is 2.43 bits per heavy atom. The van der Waals surface area contributed by atoms with Crippen LogP contribution in [-0.2, 0) is 32.9 Å². The first-order valence-corrected chi connectivity index (χ1v) is 10.9. The molecule has 1 aliphatic heterocycles. The van der Waals surface area contributed by atoms with Gasteiger partial charge in [-0.05, 0) is 12.8 Å². The second-order valence-corrected chi connectivity index (χ2v) is 7.65. The molecular formula is C19H32N8S. The Bertz CT molecular complexity index is 801. The molecule has 0 aromatic carbocycles. The highest BCUT2D eigenvalue weighted by molar-refractivity contribution is 7.09. The lowest BCUT2D eigenvalue weighted by molar-refractivity contribution is 0.372. The molecule has 3 heterocycles. The second kappa shape index (κ2) is 9.36. The van der Waals surface area contributed by atoms with E-state index in [0.29, 0.717) is 0 Å². The fraction of sp³-hybridized carbons (Fsp3) is 0.684. The number of nitrogens with one attached hydrogen (secondary N) is 1. The molecule has 2 aromatic heterocycles. The van der Waals surface area contributed by atoms with Crippen molar-refractivity contribution < 1.29 is 0 Å². The first-order valence-electron chi connectivity index (χ1n) is 10.2. The fourth-order valence-corrected chi connectivity index (χ4v) is 4.52. The number of nitrogens with zero attached hydrogens (tertiary/aromatic N) is 7. The van der Waals surface area contributed by atoms with Gasteiger partial charge in [0.05, 0.1) is 5.69 Å². The van der Waals surface area contributed by atoms with Gasteiger partial charge in [0.1, 0.15) is 5.82 Å². The number of aliphatic imine (C=N–C) groups is 1. The van der Waals surface area contributed by atoms with Crippen molar-refractivity contribution in [3.05, 3.63) is 22.8 Å². The zero-order valence-corrected chi connectivity index (χ0v) is 18.5. The van der Waals surface area contributed by atoms with Crippen LogP contribution in [-0.4, -0.2) is 63.2 Å². The molecule has 1 N–H and O–H groups in total. The minimum atomic E-state index is 0.767. The Hall–Kier alpha value is -2.16. The molecule has 0 aliphatic carbocycles. The third-order valence-electron chi connectivity index (χ3n) is 5.29. The lowest BCUT2D eigenvalue weighted by Crippen LogP contribution is -2.52. The average Bonchev–Trinajstić information content (AvgIpc) is 3.33. The van der Waals surface area contributed by atoms with Gasteiger partial charge in [-0.25, -0.2) is 4.98 Å². The normalized spacial score (nSPS) is 15.4. The summed E-state index contributed by atoms with van der Waals surface area (Å²) >= 11 is 1.51. The number of aromatic nitrogens is 4. The summed E-state index contributed by atoms with van der Waals surface area (Å²) in [5, 5.41) is 9.28. The summed E-state index contributed by atoms with van der Waals surface area (Å²) in [6, 6.07) is 0. The summed E-state index contributed by atoms with van der Waals surface area (Å²) in [7, 11) is 3.89. The van der Waals surface area contributed by atoms with Gasteiger partial charge >= 0.3 is 0 Å². The van der Waals surface area contributed by atoms with E-state index in [-0.39, 0.29) is 0 Å². The van der Waals surface area contributed by atoms with E-state index in [1.807, 2.05) is 18.8 Å². The van der Waals surface area contributed by atoms with Crippen LogP contribution in [0.1, 0.15) is 43.5 Å². The van der Waals surface area contributed by atoms with Gasteiger partial charge in [0.25, 0.3) is 0 Å². The minimum Gasteiger partial charge on any atom is -0.352 e. The van der Waals surface area contributed by atoms with E-state index in [1.54, 1.807) is 0 Å². The van der Waals surface area contributed by atoms with Crippen molar-refractivity contribution in [1.29, 1.82) is 0 Å². The van der Waals surface area contributed by atoms with Crippen molar-refractivity contribution in [2.75, 3.05) is 38.1 Å². The summed E-state index contributed by atoms with van der Waals surface area (Å²) in [6.45, 7) is 10.9. The van der Waals surface area contributed by atoms with E-state index in [9.17, 15) is 0 Å². The highest BCUT2D eigenvalue weighted by Gasteiger charge is 2.22. The van der Waals surface area contributed by atoms with Crippen molar-refractivity contribution in [3.8, 4) is 0 Å². The summed E-state index contributed by atoms with van der Waals surface area (Å²) in [6.07, 6.45) is 2.82. The minimum absolute atomic E-state index is 0.767. The number of piperazine rings is 1. The Kier molecular flexibility index (Phi) is 6.88. The van der Waals surface area contributed by atoms with Gasteiger partial charge in [0, 0.05) is 76.0 Å². The van der Waals surface area contributed by atoms with E-state index in [4.69, 9.17) is 0 Å². The van der Waals surface area contributed by atoms with E-state index in [2.05, 4.69) is 55.3 Å². The molecule has 0 radical (unpaired) electrons. The van der Waals surface area contributed by atoms with Crippen LogP contribution < -0.4 is 10.2 Å². The Balaban J connectivity index is 1.60. The number of aryl methyl sites for hydroxylation is 3. The molecule has 0 saturated carbocycles. The smallest absolute Gasteiger partial charge is 0.205 e.